The van der Waals surface area contributed by atoms with E-state index in [-0.39, 0.29) is 30.0 Å². The van der Waals surface area contributed by atoms with Crippen molar-refractivity contribution in [2.75, 3.05) is 0 Å². The van der Waals surface area contributed by atoms with Crippen molar-refractivity contribution in [3.8, 4) is 0 Å². The lowest BCUT2D eigenvalue weighted by molar-refractivity contribution is -0.00703. The Labute approximate surface area is 147 Å². The molecule has 1 amide bonds. The zero-order valence-corrected chi connectivity index (χ0v) is 15.0. The fourth-order valence-electron chi connectivity index (χ4n) is 3.31. The summed E-state index contributed by atoms with van der Waals surface area (Å²) in [5.74, 6) is -0.441. The summed E-state index contributed by atoms with van der Waals surface area (Å²) in [4.78, 5) is 14.8. The Morgan fingerprint density at radius 2 is 2.20 bits per heavy atom. The normalized spacial score (nSPS) is 19.8. The van der Waals surface area contributed by atoms with Crippen molar-refractivity contribution < 1.29 is 13.9 Å². The van der Waals surface area contributed by atoms with Crippen LogP contribution in [0.3, 0.4) is 0 Å². The van der Waals surface area contributed by atoms with E-state index in [9.17, 15) is 9.18 Å². The van der Waals surface area contributed by atoms with E-state index in [0.29, 0.717) is 18.7 Å². The molecule has 0 saturated carbocycles. The van der Waals surface area contributed by atoms with Gasteiger partial charge in [0, 0.05) is 24.6 Å². The van der Waals surface area contributed by atoms with Gasteiger partial charge >= 0.3 is 0 Å². The molecule has 0 saturated heterocycles. The third-order valence-corrected chi connectivity index (χ3v) is 4.56. The summed E-state index contributed by atoms with van der Waals surface area (Å²) in [7, 11) is 0. The summed E-state index contributed by atoms with van der Waals surface area (Å²) in [6.07, 6.45) is 0.592. The number of aromatic nitrogens is 2. The number of hydrogen-bond donors (Lipinski definition) is 1. The van der Waals surface area contributed by atoms with Crippen LogP contribution in [0.2, 0.25) is 0 Å². The molecule has 1 aliphatic heterocycles. The Balaban J connectivity index is 1.89. The predicted octanol–water partition coefficient (Wildman–Crippen LogP) is 3.62. The fourth-order valence-corrected chi connectivity index (χ4v) is 3.31. The van der Waals surface area contributed by atoms with Gasteiger partial charge in [0.2, 0.25) is 0 Å². The quantitative estimate of drug-likeness (QED) is 0.921. The highest BCUT2D eigenvalue weighted by atomic mass is 19.1. The maximum Gasteiger partial charge on any atom is 0.275 e. The maximum atomic E-state index is 13.5. The van der Waals surface area contributed by atoms with Crippen LogP contribution in [0.25, 0.3) is 0 Å². The molecule has 2 aromatic rings. The molecular weight excluding hydrogens is 321 g/mol. The van der Waals surface area contributed by atoms with Gasteiger partial charge in [-0.3, -0.25) is 9.89 Å². The number of amides is 1. The van der Waals surface area contributed by atoms with Gasteiger partial charge in [-0.15, -0.1) is 0 Å². The number of ether oxygens (including phenoxy) is 1. The number of halogens is 1. The van der Waals surface area contributed by atoms with Crippen LogP contribution in [-0.4, -0.2) is 33.2 Å². The number of nitrogens with zero attached hydrogens (tertiary/aromatic N) is 2. The molecule has 1 aliphatic rings. The number of carbonyl (C=O) groups excluding carboxylic acids is 1. The first-order valence-corrected chi connectivity index (χ1v) is 8.64. The van der Waals surface area contributed by atoms with Gasteiger partial charge in [-0.25, -0.2) is 4.39 Å². The molecule has 0 aliphatic carbocycles. The molecule has 1 N–H and O–H groups in total. The van der Waals surface area contributed by atoms with Gasteiger partial charge in [0.1, 0.15) is 5.82 Å². The highest BCUT2D eigenvalue weighted by molar-refractivity contribution is 5.94. The number of aromatic amines is 1. The molecule has 3 rings (SSSR count). The van der Waals surface area contributed by atoms with Crippen LogP contribution in [0.15, 0.2) is 24.3 Å². The molecule has 2 atom stereocenters. The van der Waals surface area contributed by atoms with E-state index >= 15 is 0 Å². The monoisotopic (exact) mass is 345 g/mol. The third kappa shape index (κ3) is 3.58. The smallest absolute Gasteiger partial charge is 0.275 e. The Morgan fingerprint density at radius 3 is 2.88 bits per heavy atom. The van der Waals surface area contributed by atoms with E-state index in [1.807, 2.05) is 33.8 Å². The first-order chi connectivity index (χ1) is 11.9. The zero-order chi connectivity index (χ0) is 18.1. The highest BCUT2D eigenvalue weighted by Gasteiger charge is 2.32. The molecule has 0 unspecified atom stereocenters. The largest absolute Gasteiger partial charge is 0.369 e. The van der Waals surface area contributed by atoms with Gasteiger partial charge in [0.15, 0.2) is 5.69 Å². The third-order valence-electron chi connectivity index (χ3n) is 4.56. The van der Waals surface area contributed by atoms with Crippen molar-refractivity contribution in [1.82, 2.24) is 15.1 Å². The standard InChI is InChI=1S/C19H24FN3O2/c1-11(2)23(10-14-6-5-7-15(20)9-14)19(24)18-16-8-12(3)25-13(4)17(16)21-22-18/h5-7,9,11-13H,8,10H2,1-4H3,(H,21,22)/t12-,13+/m0/s1. The highest BCUT2D eigenvalue weighted by Crippen LogP contribution is 2.31. The number of rotatable bonds is 4. The van der Waals surface area contributed by atoms with Crippen molar-refractivity contribution in [3.05, 3.63) is 52.6 Å². The van der Waals surface area contributed by atoms with Crippen LogP contribution < -0.4 is 0 Å². The number of hydrogen-bond acceptors (Lipinski definition) is 3. The van der Waals surface area contributed by atoms with Gasteiger partial charge in [0.05, 0.1) is 17.9 Å². The minimum absolute atomic E-state index is 0.0298. The topological polar surface area (TPSA) is 58.2 Å². The van der Waals surface area contributed by atoms with Crippen molar-refractivity contribution in [2.24, 2.45) is 0 Å². The molecule has 25 heavy (non-hydrogen) atoms. The Bertz CT molecular complexity index is 772. The van der Waals surface area contributed by atoms with Crippen LogP contribution in [0.1, 0.15) is 61.1 Å². The van der Waals surface area contributed by atoms with Crippen LogP contribution in [0, 0.1) is 5.82 Å². The Morgan fingerprint density at radius 1 is 1.44 bits per heavy atom. The number of fused-ring (bicyclic) bond motifs is 1. The fraction of sp³-hybridized carbons (Fsp3) is 0.474. The lowest BCUT2D eigenvalue weighted by Crippen LogP contribution is -2.37. The van der Waals surface area contributed by atoms with Gasteiger partial charge < -0.3 is 9.64 Å². The first-order valence-electron chi connectivity index (χ1n) is 8.64. The molecule has 1 aromatic heterocycles. The second kappa shape index (κ2) is 6.96. The van der Waals surface area contributed by atoms with E-state index in [2.05, 4.69) is 10.2 Å². The van der Waals surface area contributed by atoms with Crippen molar-refractivity contribution in [1.29, 1.82) is 0 Å². The molecule has 0 fully saturated rings. The molecule has 2 heterocycles. The predicted molar refractivity (Wildman–Crippen MR) is 92.7 cm³/mol. The minimum atomic E-state index is -0.300. The van der Waals surface area contributed by atoms with Crippen LogP contribution >= 0.6 is 0 Å². The van der Waals surface area contributed by atoms with E-state index in [1.54, 1.807) is 11.0 Å². The lowest BCUT2D eigenvalue weighted by atomic mass is 9.99. The van der Waals surface area contributed by atoms with Crippen molar-refractivity contribution >= 4 is 5.91 Å². The number of benzene rings is 1. The SMILES string of the molecule is CC(C)N(Cc1cccc(F)c1)C(=O)c1n[nH]c2c1C[C@H](C)O[C@@H]2C. The van der Waals surface area contributed by atoms with Gasteiger partial charge in [-0.1, -0.05) is 12.1 Å². The summed E-state index contributed by atoms with van der Waals surface area (Å²) in [5.41, 5.74) is 3.01. The molecule has 1 aromatic carbocycles. The second-order valence-electron chi connectivity index (χ2n) is 6.91. The van der Waals surface area contributed by atoms with Crippen LogP contribution in [-0.2, 0) is 17.7 Å². The Kier molecular flexibility index (Phi) is 4.90. The number of nitrogens with one attached hydrogen (secondary N) is 1. The summed E-state index contributed by atoms with van der Waals surface area (Å²) < 4.78 is 19.3. The molecule has 134 valence electrons. The number of carbonyl (C=O) groups is 1. The van der Waals surface area contributed by atoms with E-state index in [0.717, 1.165) is 16.8 Å². The van der Waals surface area contributed by atoms with Crippen molar-refractivity contribution in [2.45, 2.75) is 58.9 Å². The molecule has 5 nitrogen and oxygen atoms in total. The van der Waals surface area contributed by atoms with Gasteiger partial charge in [-0.05, 0) is 45.4 Å². The minimum Gasteiger partial charge on any atom is -0.369 e. The average molecular weight is 345 g/mol. The maximum absolute atomic E-state index is 13.5. The van der Waals surface area contributed by atoms with E-state index in [4.69, 9.17) is 4.74 Å². The van der Waals surface area contributed by atoms with Crippen LogP contribution in [0.4, 0.5) is 4.39 Å². The molecule has 0 spiro atoms. The van der Waals surface area contributed by atoms with E-state index in [1.165, 1.54) is 12.1 Å². The van der Waals surface area contributed by atoms with Gasteiger partial charge in [0.25, 0.3) is 5.91 Å². The average Bonchev–Trinajstić information content (AvgIpc) is 2.96. The number of H-pyrrole nitrogens is 1. The Hall–Kier alpha value is -2.21. The lowest BCUT2D eigenvalue weighted by Gasteiger charge is -2.28. The van der Waals surface area contributed by atoms with Crippen LogP contribution in [0.5, 0.6) is 0 Å². The second-order valence-corrected chi connectivity index (χ2v) is 6.91. The zero-order valence-electron chi connectivity index (χ0n) is 15.0. The molecule has 0 bridgehead atoms. The summed E-state index contributed by atoms with van der Waals surface area (Å²) in [6, 6.07) is 6.31. The van der Waals surface area contributed by atoms with E-state index < -0.39 is 0 Å². The van der Waals surface area contributed by atoms with Crippen molar-refractivity contribution in [3.63, 3.8) is 0 Å². The first kappa shape index (κ1) is 17.6. The summed E-state index contributed by atoms with van der Waals surface area (Å²) in [5, 5.41) is 7.24. The summed E-state index contributed by atoms with van der Waals surface area (Å²) >= 11 is 0. The molecule has 0 radical (unpaired) electrons. The molecule has 6 heteroatoms. The van der Waals surface area contributed by atoms with Gasteiger partial charge in [-0.2, -0.15) is 5.10 Å². The molecular formula is C19H24FN3O2. The summed E-state index contributed by atoms with van der Waals surface area (Å²) in [6.45, 7) is 8.19.